The first-order valence-corrected chi connectivity index (χ1v) is 16.6. The van der Waals surface area contributed by atoms with Crippen LogP contribution in [-0.2, 0) is 56.3 Å². The van der Waals surface area contributed by atoms with Gasteiger partial charge in [-0.2, -0.15) is 0 Å². The van der Waals surface area contributed by atoms with Crippen molar-refractivity contribution < 1.29 is 54.8 Å². The molecule has 0 spiro atoms. The van der Waals surface area contributed by atoms with Gasteiger partial charge in [-0.25, -0.2) is 0 Å². The van der Waals surface area contributed by atoms with Crippen LogP contribution in [0, 0.1) is 20.0 Å². The van der Waals surface area contributed by atoms with Crippen LogP contribution < -0.4 is 0 Å². The Kier molecular flexibility index (Phi) is 34.0. The van der Waals surface area contributed by atoms with Gasteiger partial charge in [0.05, 0.1) is 18.8 Å². The molecule has 0 aliphatic carbocycles. The van der Waals surface area contributed by atoms with Gasteiger partial charge in [-0.3, -0.25) is 0 Å². The van der Waals surface area contributed by atoms with Gasteiger partial charge >= 0.3 is 51.0 Å². The topological polar surface area (TPSA) is 125 Å². The van der Waals surface area contributed by atoms with Gasteiger partial charge in [0.1, 0.15) is 0 Å². The number of hydrogen-bond donors (Lipinski definition) is 1. The molecular formula is C31H49FeO8Si+. The summed E-state index contributed by atoms with van der Waals surface area (Å²) in [5, 5.41) is 10.9. The summed E-state index contributed by atoms with van der Waals surface area (Å²) in [6.45, 7) is 29.7. The summed E-state index contributed by atoms with van der Waals surface area (Å²) in [7, 11) is -1.97. The van der Waals surface area contributed by atoms with Gasteiger partial charge in [0.2, 0.25) is 0 Å². The Morgan fingerprint density at radius 1 is 0.902 bits per heavy atom. The molecule has 0 heterocycles. The fourth-order valence-electron chi connectivity index (χ4n) is 3.75. The second-order valence-electron chi connectivity index (χ2n) is 11.0. The summed E-state index contributed by atoms with van der Waals surface area (Å²) in [6.07, 6.45) is 7.25. The predicted octanol–water partition coefficient (Wildman–Crippen LogP) is 6.82. The second-order valence-corrected chi connectivity index (χ2v) is 15.7. The standard InChI is InChI=1S/C28H49O5Si.3CO.Fe/c1-7-8-10-17-26(32-23-29)18-13-16-25(30)21-27(33-34(5,6)28(2,3)4)19-20-31-22-24-14-11-9-12-15-24;3*1-2;/h9,11-12,14-15,25-27,30H,7-8,10,13,16-22H2,1-6H3;;;;/q-1;;;;+2/t25-,26-,27+;;;;/m1..../s1. The molecule has 10 heteroatoms. The molecule has 0 unspecified atom stereocenters. The molecule has 0 aliphatic heterocycles. The molecule has 232 valence electrons. The number of ether oxygens (including phenoxy) is 2. The maximum Gasteiger partial charge on any atom is 2.00 e. The molecule has 3 atom stereocenters. The number of carbonyl (C=O) groups excluding carboxylic acids is 1. The third-order valence-electron chi connectivity index (χ3n) is 6.91. The summed E-state index contributed by atoms with van der Waals surface area (Å²) < 4.78 is 40.2. The zero-order valence-corrected chi connectivity index (χ0v) is 27.7. The number of aliphatic hydroxyl groups excluding tert-OH is 1. The predicted molar refractivity (Wildman–Crippen MR) is 154 cm³/mol. The van der Waals surface area contributed by atoms with Crippen LogP contribution >= 0.6 is 0 Å². The smallest absolute Gasteiger partial charge is 2.00 e. The van der Waals surface area contributed by atoms with Gasteiger partial charge in [0.25, 0.3) is 0 Å². The molecule has 0 bridgehead atoms. The molecular weight excluding hydrogens is 584 g/mol. The number of benzene rings is 1. The minimum absolute atomic E-state index is 0. The van der Waals surface area contributed by atoms with E-state index in [9.17, 15) is 9.90 Å². The zero-order chi connectivity index (χ0) is 31.5. The van der Waals surface area contributed by atoms with Crippen LogP contribution in [0.15, 0.2) is 30.3 Å². The average Bonchev–Trinajstić information content (AvgIpc) is 2.94. The first-order chi connectivity index (χ1) is 19.1. The van der Waals surface area contributed by atoms with Crippen LogP contribution in [0.4, 0.5) is 0 Å². The molecule has 1 aromatic carbocycles. The first-order valence-electron chi connectivity index (χ1n) is 13.7. The summed E-state index contributed by atoms with van der Waals surface area (Å²) in [5.74, 6) is 0. The Balaban J connectivity index is -0.000000913. The van der Waals surface area contributed by atoms with Crippen molar-refractivity contribution in [2.45, 2.75) is 129 Å². The van der Waals surface area contributed by atoms with Gasteiger partial charge < -0.3 is 23.8 Å². The molecule has 8 nitrogen and oxygen atoms in total. The van der Waals surface area contributed by atoms with Gasteiger partial charge in [0, 0.05) is 12.7 Å². The zero-order valence-electron chi connectivity index (χ0n) is 25.6. The third-order valence-corrected chi connectivity index (χ3v) is 11.4. The summed E-state index contributed by atoms with van der Waals surface area (Å²) in [6, 6.07) is 10.2. The van der Waals surface area contributed by atoms with Crippen molar-refractivity contribution in [3.63, 3.8) is 0 Å². The molecule has 1 N–H and O–H groups in total. The Hall–Kier alpha value is -1.47. The van der Waals surface area contributed by atoms with Gasteiger partial charge in [-0.05, 0) is 68.6 Å². The van der Waals surface area contributed by atoms with E-state index in [0.717, 1.165) is 50.5 Å². The quantitative estimate of drug-likeness (QED) is 0.0775. The van der Waals surface area contributed by atoms with Crippen LogP contribution in [0.3, 0.4) is 0 Å². The van der Waals surface area contributed by atoms with E-state index in [1.54, 1.807) is 6.47 Å². The van der Waals surface area contributed by atoms with E-state index in [1.165, 1.54) is 0 Å². The number of rotatable bonds is 19. The average molecular weight is 634 g/mol. The van der Waals surface area contributed by atoms with Crippen molar-refractivity contribution in [1.29, 1.82) is 0 Å². The maximum atomic E-state index is 10.8. The van der Waals surface area contributed by atoms with Gasteiger partial charge in [-0.1, -0.05) is 77.3 Å². The monoisotopic (exact) mass is 633 g/mol. The molecule has 0 aromatic heterocycles. The van der Waals surface area contributed by atoms with Crippen molar-refractivity contribution in [2.75, 3.05) is 6.61 Å². The van der Waals surface area contributed by atoms with E-state index in [0.29, 0.717) is 26.1 Å². The molecule has 0 amide bonds. The maximum absolute atomic E-state index is 10.8. The normalized spacial score (nSPS) is 12.6. The summed E-state index contributed by atoms with van der Waals surface area (Å²) in [5.41, 5.74) is 1.16. The third kappa shape index (κ3) is 24.8. The first kappa shape index (κ1) is 46.5. The molecule has 0 radical (unpaired) electrons. The van der Waals surface area contributed by atoms with Crippen LogP contribution in [-0.4, -0.2) is 44.8 Å². The molecule has 41 heavy (non-hydrogen) atoms. The Morgan fingerprint density at radius 3 is 1.98 bits per heavy atom. The molecule has 0 saturated carbocycles. The van der Waals surface area contributed by atoms with Crippen LogP contribution in [0.25, 0.3) is 0 Å². The largest absolute Gasteiger partial charge is 2.00 e. The number of unbranched alkanes of at least 4 members (excludes halogenated alkanes) is 2. The van der Waals surface area contributed by atoms with E-state index in [1.807, 2.05) is 18.2 Å². The van der Waals surface area contributed by atoms with Crippen LogP contribution in [0.2, 0.25) is 18.1 Å². The fourth-order valence-corrected chi connectivity index (χ4v) is 5.15. The number of hydrogen-bond acceptors (Lipinski definition) is 5. The van der Waals surface area contributed by atoms with E-state index in [4.69, 9.17) is 27.9 Å². The van der Waals surface area contributed by atoms with Gasteiger partial charge in [0.15, 0.2) is 8.32 Å². The van der Waals surface area contributed by atoms with E-state index in [2.05, 4.69) is 72.9 Å². The second kappa shape index (κ2) is 30.0. The van der Waals surface area contributed by atoms with Crippen molar-refractivity contribution in [3.8, 4) is 0 Å². The number of aliphatic hydroxyl groups is 1. The minimum Gasteiger partial charge on any atom is 2.00 e. The van der Waals surface area contributed by atoms with Crippen molar-refractivity contribution in [2.24, 2.45) is 0 Å². The van der Waals surface area contributed by atoms with Crippen molar-refractivity contribution >= 4 is 14.8 Å². The van der Waals surface area contributed by atoms with Crippen LogP contribution in [0.5, 0.6) is 0 Å². The van der Waals surface area contributed by atoms with E-state index < -0.39 is 14.4 Å². The fraction of sp³-hybridized carbons (Fsp3) is 0.677. The SMILES string of the molecule is CCCCC[C@H](CCC[C@@H](O)C[C@H](CCOCc1ccccc1)O[Si](C)(C)C(C)(C)C)O[C-]=O.[C-]#[O+].[C-]#[O+].[C-]#[O+].[Fe+2]. The van der Waals surface area contributed by atoms with Crippen molar-refractivity contribution in [3.05, 3.63) is 55.8 Å². The Morgan fingerprint density at radius 2 is 1.46 bits per heavy atom. The molecule has 0 aliphatic rings. The Labute approximate surface area is 260 Å². The van der Waals surface area contributed by atoms with E-state index in [-0.39, 0.29) is 34.3 Å². The molecule has 0 fully saturated rings. The van der Waals surface area contributed by atoms with Gasteiger partial charge in [-0.15, -0.1) is 0 Å². The van der Waals surface area contributed by atoms with Crippen LogP contribution in [0.1, 0.15) is 91.0 Å². The van der Waals surface area contributed by atoms with Crippen molar-refractivity contribution in [1.82, 2.24) is 0 Å². The van der Waals surface area contributed by atoms with E-state index >= 15 is 0 Å². The summed E-state index contributed by atoms with van der Waals surface area (Å²) >= 11 is 0. The molecule has 1 rings (SSSR count). The molecule has 1 aromatic rings. The minimum atomic E-state index is -1.97. The summed E-state index contributed by atoms with van der Waals surface area (Å²) in [4.78, 5) is 10.7. The molecule has 0 saturated heterocycles. The Bertz CT molecular complexity index is 764.